The van der Waals surface area contributed by atoms with Crippen LogP contribution in [0.2, 0.25) is 10.0 Å². The van der Waals surface area contributed by atoms with Crippen molar-refractivity contribution in [2.45, 2.75) is 19.0 Å². The molecule has 0 aliphatic carbocycles. The Kier molecular flexibility index (Phi) is 8.26. The van der Waals surface area contributed by atoms with E-state index < -0.39 is 17.9 Å². The minimum atomic E-state index is -1.37. The zero-order chi connectivity index (χ0) is 29.1. The van der Waals surface area contributed by atoms with Crippen LogP contribution in [-0.2, 0) is 17.8 Å². The van der Waals surface area contributed by atoms with E-state index in [2.05, 4.69) is 20.7 Å². The molecule has 1 aliphatic rings. The summed E-state index contributed by atoms with van der Waals surface area (Å²) in [4.78, 5) is 43.7. The predicted octanol–water partition coefficient (Wildman–Crippen LogP) is 5.05. The number of benzene rings is 2. The van der Waals surface area contributed by atoms with Crippen LogP contribution in [-0.4, -0.2) is 52.8 Å². The second kappa shape index (κ2) is 12.0. The molecule has 0 radical (unpaired) electrons. The maximum Gasteiger partial charge on any atom is 0.328 e. The van der Waals surface area contributed by atoms with Gasteiger partial charge in [0.2, 0.25) is 5.84 Å². The van der Waals surface area contributed by atoms with Crippen molar-refractivity contribution in [3.05, 3.63) is 103 Å². The lowest BCUT2D eigenvalue weighted by atomic mass is 9.96. The number of carboxylic acid groups (broad SMARTS) is 1. The molecule has 0 saturated carbocycles. The Labute approximate surface area is 248 Å². The SMILES string of the molecule is [C-]#[N+]/N=C(\NC[C@H](NC(=O)c1c(Cl)cc2c(c1Cl)CCN(C(=O)c1ccc3ccoc3c1)C2)C(=O)O)c1cccs1. The van der Waals surface area contributed by atoms with Gasteiger partial charge < -0.3 is 25.1 Å². The summed E-state index contributed by atoms with van der Waals surface area (Å²) in [6.07, 6.45) is 1.94. The lowest BCUT2D eigenvalue weighted by molar-refractivity contribution is -0.139. The molecule has 4 aromatic rings. The molecule has 3 N–H and O–H groups in total. The second-order valence-electron chi connectivity index (χ2n) is 9.11. The third-order valence-electron chi connectivity index (χ3n) is 6.60. The summed E-state index contributed by atoms with van der Waals surface area (Å²) in [6, 6.07) is 10.8. The molecular formula is C28H21Cl2N5O5S. The Morgan fingerprint density at radius 3 is 2.78 bits per heavy atom. The lowest BCUT2D eigenvalue weighted by Crippen LogP contribution is -2.48. The number of hydrogen-bond acceptors (Lipinski definition) is 6. The fourth-order valence-electron chi connectivity index (χ4n) is 4.57. The van der Waals surface area contributed by atoms with Gasteiger partial charge in [0.1, 0.15) is 16.7 Å². The van der Waals surface area contributed by atoms with Crippen LogP contribution in [0.25, 0.3) is 15.9 Å². The monoisotopic (exact) mass is 609 g/mol. The van der Waals surface area contributed by atoms with Crippen LogP contribution in [0.15, 0.2) is 63.6 Å². The number of amides is 2. The summed E-state index contributed by atoms with van der Waals surface area (Å²) in [5.74, 6) is -2.04. The average Bonchev–Trinajstić information content (AvgIpc) is 3.66. The number of furan rings is 1. The molecule has 3 heterocycles. The highest BCUT2D eigenvalue weighted by Crippen LogP contribution is 2.35. The van der Waals surface area contributed by atoms with Crippen LogP contribution in [0.5, 0.6) is 0 Å². The van der Waals surface area contributed by atoms with Gasteiger partial charge in [0.25, 0.3) is 11.8 Å². The Bertz CT molecular complexity index is 1730. The summed E-state index contributed by atoms with van der Waals surface area (Å²) in [5.41, 5.74) is 2.42. The fourth-order valence-corrected chi connectivity index (χ4v) is 6.02. The molecule has 2 amide bonds. The molecule has 2 aromatic carbocycles. The zero-order valence-electron chi connectivity index (χ0n) is 21.2. The molecule has 1 atom stereocenters. The summed E-state index contributed by atoms with van der Waals surface area (Å²) in [7, 11) is 0. The molecule has 0 saturated heterocycles. The highest BCUT2D eigenvalue weighted by molar-refractivity contribution is 7.12. The third kappa shape index (κ3) is 5.90. The van der Waals surface area contributed by atoms with E-state index in [4.69, 9.17) is 34.2 Å². The van der Waals surface area contributed by atoms with Crippen molar-refractivity contribution in [3.8, 4) is 0 Å². The predicted molar refractivity (Wildman–Crippen MR) is 155 cm³/mol. The van der Waals surface area contributed by atoms with Gasteiger partial charge in [0, 0.05) is 30.6 Å². The smallest absolute Gasteiger partial charge is 0.328 e. The average molecular weight is 610 g/mol. The van der Waals surface area contributed by atoms with Gasteiger partial charge in [-0.05, 0) is 53.3 Å². The van der Waals surface area contributed by atoms with E-state index in [0.29, 0.717) is 40.1 Å². The van der Waals surface area contributed by atoms with Gasteiger partial charge in [0.05, 0.1) is 26.7 Å². The molecule has 2 aromatic heterocycles. The van der Waals surface area contributed by atoms with Crippen molar-refractivity contribution in [2.24, 2.45) is 5.10 Å². The standard InChI is InChI=1S/C28H21Cl2N5O5S/c1-31-34-25(22-3-2-10-41-22)32-13-20(28(38)39)33-26(36)23-19(29)11-17-14-35(8-6-18(17)24(23)30)27(37)16-5-4-15-7-9-40-21(15)12-16/h2-5,7,9-12,20H,6,8,13-14H2,(H,32,34)(H,33,36)(H,38,39)/t20-/m0/s1. The molecular weight excluding hydrogens is 589 g/mol. The van der Waals surface area contributed by atoms with Gasteiger partial charge in [-0.2, -0.15) is 6.57 Å². The van der Waals surface area contributed by atoms with Gasteiger partial charge in [-0.3, -0.25) is 9.59 Å². The van der Waals surface area contributed by atoms with Gasteiger partial charge >= 0.3 is 5.97 Å². The number of carboxylic acids is 1. The summed E-state index contributed by atoms with van der Waals surface area (Å²) in [5, 5.41) is 21.5. The number of fused-ring (bicyclic) bond motifs is 2. The van der Waals surface area contributed by atoms with Crippen LogP contribution in [0.3, 0.4) is 0 Å². The van der Waals surface area contributed by atoms with E-state index >= 15 is 0 Å². The maximum atomic E-state index is 13.2. The first-order valence-corrected chi connectivity index (χ1v) is 13.9. The maximum absolute atomic E-state index is 13.2. The summed E-state index contributed by atoms with van der Waals surface area (Å²) >= 11 is 14.5. The Morgan fingerprint density at radius 2 is 2.05 bits per heavy atom. The van der Waals surface area contributed by atoms with Gasteiger partial charge in [-0.25, -0.2) is 4.79 Å². The first kappa shape index (κ1) is 28.2. The Morgan fingerprint density at radius 1 is 1.22 bits per heavy atom. The number of nitrogens with one attached hydrogen (secondary N) is 2. The topological polar surface area (TPSA) is 129 Å². The number of hydrogen-bond donors (Lipinski definition) is 3. The van der Waals surface area contributed by atoms with E-state index in [9.17, 15) is 19.5 Å². The first-order chi connectivity index (χ1) is 19.8. The number of halogens is 2. The van der Waals surface area contributed by atoms with Gasteiger partial charge in [-0.15, -0.1) is 16.3 Å². The molecule has 0 fully saturated rings. The number of thiophene rings is 1. The number of amidine groups is 1. The molecule has 0 unspecified atom stereocenters. The lowest BCUT2D eigenvalue weighted by Gasteiger charge is -2.30. The van der Waals surface area contributed by atoms with Crippen molar-refractivity contribution >= 4 is 69.1 Å². The van der Waals surface area contributed by atoms with E-state index in [1.165, 1.54) is 11.3 Å². The molecule has 0 spiro atoms. The summed E-state index contributed by atoms with van der Waals surface area (Å²) < 4.78 is 5.41. The highest BCUT2D eigenvalue weighted by atomic mass is 35.5. The minimum Gasteiger partial charge on any atom is -0.480 e. The van der Waals surface area contributed by atoms with Crippen molar-refractivity contribution in [2.75, 3.05) is 13.1 Å². The number of carbonyl (C=O) groups is 3. The van der Waals surface area contributed by atoms with Crippen LogP contribution in [0.4, 0.5) is 0 Å². The minimum absolute atomic E-state index is 0.0310. The van der Waals surface area contributed by atoms with Crippen molar-refractivity contribution < 1.29 is 23.9 Å². The van der Waals surface area contributed by atoms with Crippen molar-refractivity contribution in [1.29, 1.82) is 0 Å². The van der Waals surface area contributed by atoms with Gasteiger partial charge in [0.15, 0.2) is 0 Å². The molecule has 41 heavy (non-hydrogen) atoms. The fraction of sp³-hybridized carbons (Fsp3) is 0.179. The molecule has 5 rings (SSSR count). The molecule has 208 valence electrons. The molecule has 13 heteroatoms. The first-order valence-electron chi connectivity index (χ1n) is 12.3. The van der Waals surface area contributed by atoms with Crippen LogP contribution in [0, 0.1) is 6.57 Å². The van der Waals surface area contributed by atoms with Crippen LogP contribution in [0.1, 0.15) is 36.7 Å². The van der Waals surface area contributed by atoms with E-state index in [-0.39, 0.29) is 40.4 Å². The number of rotatable bonds is 7. The second-order valence-corrected chi connectivity index (χ2v) is 10.8. The Hall–Kier alpha value is -4.37. The number of carbonyl (C=O) groups excluding carboxylic acids is 2. The highest BCUT2D eigenvalue weighted by Gasteiger charge is 2.30. The van der Waals surface area contributed by atoms with Crippen LogP contribution >= 0.6 is 34.5 Å². The van der Waals surface area contributed by atoms with E-state index in [0.717, 1.165) is 5.39 Å². The molecule has 10 nitrogen and oxygen atoms in total. The molecule has 1 aliphatic heterocycles. The molecule has 0 bridgehead atoms. The van der Waals surface area contributed by atoms with E-state index in [1.807, 2.05) is 12.1 Å². The zero-order valence-corrected chi connectivity index (χ0v) is 23.5. The van der Waals surface area contributed by atoms with Crippen LogP contribution < -0.4 is 10.6 Å². The number of nitrogens with zero attached hydrogens (tertiary/aromatic N) is 3. The third-order valence-corrected chi connectivity index (χ3v) is 8.20. The normalized spacial score (nSPS) is 13.8. The van der Waals surface area contributed by atoms with Crippen molar-refractivity contribution in [1.82, 2.24) is 15.5 Å². The summed E-state index contributed by atoms with van der Waals surface area (Å²) in [6.45, 7) is 7.37. The number of aliphatic carboxylic acids is 1. The quantitative estimate of drug-likeness (QED) is 0.116. The Balaban J connectivity index is 1.31. The van der Waals surface area contributed by atoms with E-state index in [1.54, 1.807) is 46.9 Å². The van der Waals surface area contributed by atoms with Crippen molar-refractivity contribution in [3.63, 3.8) is 0 Å². The largest absolute Gasteiger partial charge is 0.480 e. The van der Waals surface area contributed by atoms with Gasteiger partial charge in [-0.1, -0.05) is 35.3 Å².